The van der Waals surface area contributed by atoms with Crippen molar-refractivity contribution in [2.24, 2.45) is 0 Å². The van der Waals surface area contributed by atoms with Crippen LogP contribution < -0.4 is 5.32 Å². The summed E-state index contributed by atoms with van der Waals surface area (Å²) >= 11 is 3.46. The number of aromatic hydroxyl groups is 1. The van der Waals surface area contributed by atoms with Gasteiger partial charge in [-0.2, -0.15) is 0 Å². The Morgan fingerprint density at radius 2 is 1.62 bits per heavy atom. The first-order valence-electron chi connectivity index (χ1n) is 9.21. The number of aromatic nitrogens is 2. The molecule has 0 spiro atoms. The fourth-order valence-corrected chi connectivity index (χ4v) is 4.14. The molecule has 0 unspecified atom stereocenters. The molecule has 0 aliphatic carbocycles. The van der Waals surface area contributed by atoms with Crippen molar-refractivity contribution in [2.75, 3.05) is 6.54 Å². The molecule has 2 aromatic carbocycles. The van der Waals surface area contributed by atoms with Crippen LogP contribution in [0.4, 0.5) is 8.78 Å². The summed E-state index contributed by atoms with van der Waals surface area (Å²) in [5.41, 5.74) is 1.64. The van der Waals surface area contributed by atoms with E-state index in [1.807, 2.05) is 0 Å². The minimum Gasteiger partial charge on any atom is -0.505 e. The van der Waals surface area contributed by atoms with Crippen LogP contribution >= 0.6 is 15.9 Å². The number of hydrogen-bond donors (Lipinski definition) is 3. The second-order valence-corrected chi connectivity index (χ2v) is 7.57. The Labute approximate surface area is 188 Å². The number of nitrogens with one attached hydrogen (secondary N) is 1. The van der Waals surface area contributed by atoms with Gasteiger partial charge in [-0.3, -0.25) is 9.59 Å². The van der Waals surface area contributed by atoms with Crippen LogP contribution in [0.2, 0.25) is 0 Å². The summed E-state index contributed by atoms with van der Waals surface area (Å²) in [6.07, 6.45) is 1.34. The van der Waals surface area contributed by atoms with Crippen LogP contribution in [0.15, 0.2) is 59.2 Å². The quantitative estimate of drug-likeness (QED) is 0.379. The number of hydrogen-bond acceptors (Lipinski definition) is 4. The number of benzene rings is 2. The predicted molar refractivity (Wildman–Crippen MR) is 116 cm³/mol. The molecule has 0 aliphatic rings. The van der Waals surface area contributed by atoms with Gasteiger partial charge in [-0.05, 0) is 70.0 Å². The average molecular weight is 502 g/mol. The SMILES string of the molecule is O=C(O)CNC(=O)c1ncc2c(c1O)c(Br)c(-c1ccc(F)cc1)n2-c1ccc(F)cc1. The highest BCUT2D eigenvalue weighted by Gasteiger charge is 2.25. The molecule has 0 aliphatic heterocycles. The highest BCUT2D eigenvalue weighted by molar-refractivity contribution is 9.10. The lowest BCUT2D eigenvalue weighted by Gasteiger charge is -2.12. The summed E-state index contributed by atoms with van der Waals surface area (Å²) in [4.78, 5) is 27.1. The van der Waals surface area contributed by atoms with Crippen molar-refractivity contribution in [2.45, 2.75) is 0 Å². The lowest BCUT2D eigenvalue weighted by molar-refractivity contribution is -0.135. The monoisotopic (exact) mass is 501 g/mol. The van der Waals surface area contributed by atoms with Crippen LogP contribution in [-0.4, -0.2) is 38.2 Å². The summed E-state index contributed by atoms with van der Waals surface area (Å²) in [5.74, 6) is -3.46. The lowest BCUT2D eigenvalue weighted by Crippen LogP contribution is -2.29. The van der Waals surface area contributed by atoms with Crippen molar-refractivity contribution in [3.63, 3.8) is 0 Å². The third kappa shape index (κ3) is 3.80. The van der Waals surface area contributed by atoms with Crippen LogP contribution in [0, 0.1) is 11.6 Å². The molecule has 2 heterocycles. The lowest BCUT2D eigenvalue weighted by atomic mass is 10.1. The zero-order valence-electron chi connectivity index (χ0n) is 16.1. The number of carbonyl (C=O) groups is 2. The van der Waals surface area contributed by atoms with Crippen LogP contribution in [-0.2, 0) is 4.79 Å². The van der Waals surface area contributed by atoms with E-state index in [-0.39, 0.29) is 11.1 Å². The van der Waals surface area contributed by atoms with Crippen molar-refractivity contribution in [1.82, 2.24) is 14.9 Å². The highest BCUT2D eigenvalue weighted by atomic mass is 79.9. The molecule has 32 heavy (non-hydrogen) atoms. The van der Waals surface area contributed by atoms with Crippen molar-refractivity contribution >= 4 is 38.7 Å². The smallest absolute Gasteiger partial charge is 0.322 e. The van der Waals surface area contributed by atoms with E-state index >= 15 is 0 Å². The summed E-state index contributed by atoms with van der Waals surface area (Å²) in [7, 11) is 0. The summed E-state index contributed by atoms with van der Waals surface area (Å²) in [6, 6.07) is 11.2. The number of carbonyl (C=O) groups excluding carboxylic acids is 1. The van der Waals surface area contributed by atoms with Gasteiger partial charge in [0.2, 0.25) is 0 Å². The van der Waals surface area contributed by atoms with Gasteiger partial charge in [-0.1, -0.05) is 0 Å². The first-order valence-corrected chi connectivity index (χ1v) is 10.0. The third-order valence-electron chi connectivity index (χ3n) is 4.74. The van der Waals surface area contributed by atoms with Gasteiger partial charge in [-0.25, -0.2) is 13.8 Å². The van der Waals surface area contributed by atoms with Crippen molar-refractivity contribution in [1.29, 1.82) is 0 Å². The van der Waals surface area contributed by atoms with Gasteiger partial charge >= 0.3 is 5.97 Å². The molecule has 10 heteroatoms. The molecular formula is C22H14BrF2N3O4. The van der Waals surface area contributed by atoms with Gasteiger partial charge in [0.15, 0.2) is 11.4 Å². The number of nitrogens with zero attached hydrogens (tertiary/aromatic N) is 2. The van der Waals surface area contributed by atoms with E-state index in [0.717, 1.165) is 0 Å². The van der Waals surface area contributed by atoms with E-state index in [0.29, 0.717) is 26.9 Å². The van der Waals surface area contributed by atoms with Crippen molar-refractivity contribution in [3.8, 4) is 22.7 Å². The van der Waals surface area contributed by atoms with Gasteiger partial charge in [-0.15, -0.1) is 0 Å². The molecule has 4 aromatic rings. The molecule has 162 valence electrons. The number of halogens is 3. The van der Waals surface area contributed by atoms with Gasteiger partial charge < -0.3 is 20.1 Å². The molecule has 0 bridgehead atoms. The molecule has 3 N–H and O–H groups in total. The fraction of sp³-hybridized carbons (Fsp3) is 0.0455. The molecule has 0 radical (unpaired) electrons. The number of carboxylic acid groups (broad SMARTS) is 1. The Morgan fingerprint density at radius 1 is 1.03 bits per heavy atom. The Morgan fingerprint density at radius 3 is 2.22 bits per heavy atom. The molecule has 0 saturated heterocycles. The summed E-state index contributed by atoms with van der Waals surface area (Å²) in [5, 5.41) is 22.0. The van der Waals surface area contributed by atoms with Gasteiger partial charge in [0, 0.05) is 5.69 Å². The molecule has 0 saturated carbocycles. The number of carboxylic acids is 1. The van der Waals surface area contributed by atoms with Crippen LogP contribution in [0.5, 0.6) is 5.75 Å². The standard InChI is InChI=1S/C22H14BrF2N3O4/c23-18-17-15(9-26-19(21(17)31)22(32)27-10-16(29)30)28(14-7-5-13(25)6-8-14)20(18)11-1-3-12(24)4-2-11/h1-9,31H,10H2,(H,27,32)(H,29,30). The molecule has 0 atom stereocenters. The summed E-state index contributed by atoms with van der Waals surface area (Å²) < 4.78 is 29.1. The maximum absolute atomic E-state index is 13.5. The molecule has 4 rings (SSSR count). The van der Waals surface area contributed by atoms with Crippen LogP contribution in [0.25, 0.3) is 27.8 Å². The molecular weight excluding hydrogens is 488 g/mol. The number of rotatable bonds is 5. The van der Waals surface area contributed by atoms with E-state index in [2.05, 4.69) is 26.2 Å². The van der Waals surface area contributed by atoms with Crippen LogP contribution in [0.3, 0.4) is 0 Å². The number of pyridine rings is 1. The number of aliphatic carboxylic acids is 1. The number of fused-ring (bicyclic) bond motifs is 1. The maximum atomic E-state index is 13.5. The predicted octanol–water partition coefficient (Wildman–Crippen LogP) is 4.25. The topological polar surface area (TPSA) is 104 Å². The minimum absolute atomic E-state index is 0.226. The Hall–Kier alpha value is -3.79. The molecule has 7 nitrogen and oxygen atoms in total. The second kappa shape index (κ2) is 8.39. The Bertz CT molecular complexity index is 1350. The highest BCUT2D eigenvalue weighted by Crippen LogP contribution is 2.44. The average Bonchev–Trinajstić information content (AvgIpc) is 3.06. The largest absolute Gasteiger partial charge is 0.505 e. The Kier molecular flexibility index (Phi) is 5.62. The normalized spacial score (nSPS) is 11.0. The zero-order valence-corrected chi connectivity index (χ0v) is 17.7. The first kappa shape index (κ1) is 21.4. The first-order chi connectivity index (χ1) is 15.3. The summed E-state index contributed by atoms with van der Waals surface area (Å²) in [6.45, 7) is -0.642. The maximum Gasteiger partial charge on any atom is 0.322 e. The Balaban J connectivity index is 1.99. The van der Waals surface area contributed by atoms with E-state index in [9.17, 15) is 23.5 Å². The van der Waals surface area contributed by atoms with E-state index < -0.39 is 35.8 Å². The third-order valence-corrected chi connectivity index (χ3v) is 5.51. The minimum atomic E-state index is -1.25. The fourth-order valence-electron chi connectivity index (χ4n) is 3.34. The van der Waals surface area contributed by atoms with Gasteiger partial charge in [0.1, 0.15) is 18.2 Å². The zero-order chi connectivity index (χ0) is 23.0. The van der Waals surface area contributed by atoms with Crippen LogP contribution in [0.1, 0.15) is 10.5 Å². The van der Waals surface area contributed by atoms with E-state index in [1.54, 1.807) is 16.7 Å². The van der Waals surface area contributed by atoms with Gasteiger partial charge in [0.05, 0.1) is 27.3 Å². The molecule has 0 fully saturated rings. The molecule has 2 aromatic heterocycles. The van der Waals surface area contributed by atoms with E-state index in [4.69, 9.17) is 5.11 Å². The second-order valence-electron chi connectivity index (χ2n) is 6.77. The van der Waals surface area contributed by atoms with Crippen molar-refractivity contribution < 1.29 is 28.6 Å². The van der Waals surface area contributed by atoms with Crippen molar-refractivity contribution in [3.05, 3.63) is 76.5 Å². The van der Waals surface area contributed by atoms with Gasteiger partial charge in [0.25, 0.3) is 5.91 Å². The van der Waals surface area contributed by atoms with E-state index in [1.165, 1.54) is 42.6 Å². The number of amides is 1. The molecule has 1 amide bonds.